The largest absolute Gasteiger partial charge is 0.493 e. The van der Waals surface area contributed by atoms with Gasteiger partial charge in [-0.05, 0) is 18.2 Å². The summed E-state index contributed by atoms with van der Waals surface area (Å²) < 4.78 is 13.1. The van der Waals surface area contributed by atoms with Crippen LogP contribution in [0.25, 0.3) is 5.65 Å². The maximum atomic E-state index is 12.2. The summed E-state index contributed by atoms with van der Waals surface area (Å²) in [4.78, 5) is 24.3. The number of ether oxygens (including phenoxy) is 2. The molecule has 3 rings (SSSR count). The summed E-state index contributed by atoms with van der Waals surface area (Å²) in [5, 5.41) is 6.89. The van der Waals surface area contributed by atoms with Crippen LogP contribution in [-0.2, 0) is 17.9 Å². The number of para-hydroxylation sites is 1. The number of nitrogens with zero attached hydrogens (tertiary/aromatic N) is 3. The quantitative estimate of drug-likeness (QED) is 0.717. The molecule has 0 fully saturated rings. The molecule has 8 nitrogen and oxygen atoms in total. The third-order valence-corrected chi connectivity index (χ3v) is 3.74. The Morgan fingerprint density at radius 2 is 2.00 bits per heavy atom. The van der Waals surface area contributed by atoms with Crippen molar-refractivity contribution in [1.82, 2.24) is 19.5 Å². The molecule has 2 heterocycles. The van der Waals surface area contributed by atoms with E-state index < -0.39 is 0 Å². The molecule has 0 unspecified atom stereocenters. The number of hydrogen-bond donors (Lipinski definition) is 1. The van der Waals surface area contributed by atoms with E-state index in [0.29, 0.717) is 17.1 Å². The second-order valence-corrected chi connectivity index (χ2v) is 5.30. The van der Waals surface area contributed by atoms with Crippen molar-refractivity contribution >= 4 is 11.6 Å². The third kappa shape index (κ3) is 3.32. The Balaban J connectivity index is 1.71. The molecule has 1 amide bonds. The number of rotatable bonds is 6. The van der Waals surface area contributed by atoms with Crippen molar-refractivity contribution in [3.63, 3.8) is 0 Å². The van der Waals surface area contributed by atoms with Crippen LogP contribution >= 0.6 is 0 Å². The van der Waals surface area contributed by atoms with Crippen molar-refractivity contribution in [2.45, 2.75) is 13.1 Å². The minimum Gasteiger partial charge on any atom is -0.493 e. The van der Waals surface area contributed by atoms with E-state index in [-0.39, 0.29) is 24.7 Å². The first kappa shape index (κ1) is 16.6. The van der Waals surface area contributed by atoms with Gasteiger partial charge in [-0.15, -0.1) is 5.10 Å². The van der Waals surface area contributed by atoms with Crippen molar-refractivity contribution in [2.75, 3.05) is 14.2 Å². The minimum absolute atomic E-state index is 0.160. The van der Waals surface area contributed by atoms with Crippen LogP contribution in [0.2, 0.25) is 0 Å². The molecule has 0 bridgehead atoms. The van der Waals surface area contributed by atoms with Gasteiger partial charge in [0.25, 0.3) is 0 Å². The molecular formula is C17H18N4O4. The monoisotopic (exact) mass is 342 g/mol. The molecule has 0 spiro atoms. The van der Waals surface area contributed by atoms with Crippen LogP contribution in [0.3, 0.4) is 0 Å². The normalized spacial score (nSPS) is 10.6. The fourth-order valence-electron chi connectivity index (χ4n) is 2.55. The molecule has 130 valence electrons. The summed E-state index contributed by atoms with van der Waals surface area (Å²) in [5.41, 5.74) is 0.914. The highest BCUT2D eigenvalue weighted by atomic mass is 16.5. The summed E-state index contributed by atoms with van der Waals surface area (Å²) in [5.74, 6) is 0.830. The molecule has 1 N–H and O–H groups in total. The summed E-state index contributed by atoms with van der Waals surface area (Å²) in [7, 11) is 3.09. The van der Waals surface area contributed by atoms with Gasteiger partial charge in [-0.3, -0.25) is 9.20 Å². The SMILES string of the molecule is COc1cccc(CNC(=O)Cn2nc3ccccn3c2=O)c1OC. The minimum atomic E-state index is -0.357. The summed E-state index contributed by atoms with van der Waals surface area (Å²) in [6.07, 6.45) is 1.61. The zero-order valence-corrected chi connectivity index (χ0v) is 13.9. The van der Waals surface area contributed by atoms with Crippen LogP contribution in [-0.4, -0.2) is 34.3 Å². The summed E-state index contributed by atoms with van der Waals surface area (Å²) in [6, 6.07) is 10.6. The standard InChI is InChI=1S/C17H18N4O4/c1-24-13-7-5-6-12(16(13)25-2)10-18-15(22)11-21-17(23)20-9-4-3-8-14(20)19-21/h3-9H,10-11H2,1-2H3,(H,18,22). The lowest BCUT2D eigenvalue weighted by Gasteiger charge is -2.13. The van der Waals surface area contributed by atoms with E-state index in [9.17, 15) is 9.59 Å². The number of carbonyl (C=O) groups excluding carboxylic acids is 1. The Bertz CT molecular complexity index is 961. The van der Waals surface area contributed by atoms with Crippen LogP contribution in [0.15, 0.2) is 47.4 Å². The van der Waals surface area contributed by atoms with Crippen LogP contribution in [0.5, 0.6) is 11.5 Å². The van der Waals surface area contributed by atoms with Crippen LogP contribution in [0.4, 0.5) is 0 Å². The summed E-state index contributed by atoms with van der Waals surface area (Å²) >= 11 is 0. The van der Waals surface area contributed by atoms with E-state index in [1.807, 2.05) is 12.1 Å². The molecule has 0 saturated carbocycles. The maximum Gasteiger partial charge on any atom is 0.350 e. The smallest absolute Gasteiger partial charge is 0.350 e. The predicted molar refractivity (Wildman–Crippen MR) is 90.8 cm³/mol. The van der Waals surface area contributed by atoms with Gasteiger partial charge in [0, 0.05) is 18.3 Å². The number of amides is 1. The van der Waals surface area contributed by atoms with Gasteiger partial charge in [0.05, 0.1) is 14.2 Å². The Morgan fingerprint density at radius 3 is 2.72 bits per heavy atom. The van der Waals surface area contributed by atoms with Crippen molar-refractivity contribution in [3.05, 3.63) is 58.6 Å². The third-order valence-electron chi connectivity index (χ3n) is 3.74. The fraction of sp³-hybridized carbons (Fsp3) is 0.235. The van der Waals surface area contributed by atoms with Gasteiger partial charge in [0.1, 0.15) is 6.54 Å². The van der Waals surface area contributed by atoms with Gasteiger partial charge in [-0.2, -0.15) is 0 Å². The van der Waals surface area contributed by atoms with Gasteiger partial charge in [-0.25, -0.2) is 9.48 Å². The molecule has 0 aliphatic rings. The average molecular weight is 342 g/mol. The number of methoxy groups -OCH3 is 2. The molecule has 0 aliphatic carbocycles. The van der Waals surface area contributed by atoms with Gasteiger partial charge in [0.2, 0.25) is 5.91 Å². The number of pyridine rings is 1. The van der Waals surface area contributed by atoms with Crippen molar-refractivity contribution in [3.8, 4) is 11.5 Å². The van der Waals surface area contributed by atoms with Gasteiger partial charge >= 0.3 is 5.69 Å². The van der Waals surface area contributed by atoms with Gasteiger partial charge < -0.3 is 14.8 Å². The van der Waals surface area contributed by atoms with Gasteiger partial charge in [0.15, 0.2) is 17.1 Å². The molecular weight excluding hydrogens is 324 g/mol. The molecule has 0 radical (unpaired) electrons. The number of fused-ring (bicyclic) bond motifs is 1. The van der Waals surface area contributed by atoms with E-state index in [2.05, 4.69) is 10.4 Å². The Morgan fingerprint density at radius 1 is 1.16 bits per heavy atom. The molecule has 3 aromatic rings. The average Bonchev–Trinajstić information content (AvgIpc) is 2.95. The first-order valence-corrected chi connectivity index (χ1v) is 7.65. The van der Waals surface area contributed by atoms with Crippen molar-refractivity contribution in [2.24, 2.45) is 0 Å². The van der Waals surface area contributed by atoms with Gasteiger partial charge in [-0.1, -0.05) is 18.2 Å². The molecule has 0 atom stereocenters. The molecule has 2 aromatic heterocycles. The molecule has 8 heteroatoms. The maximum absolute atomic E-state index is 12.2. The molecule has 0 saturated heterocycles. The highest BCUT2D eigenvalue weighted by Gasteiger charge is 2.13. The zero-order chi connectivity index (χ0) is 17.8. The lowest BCUT2D eigenvalue weighted by Crippen LogP contribution is -2.32. The highest BCUT2D eigenvalue weighted by molar-refractivity contribution is 5.75. The molecule has 25 heavy (non-hydrogen) atoms. The second kappa shape index (κ2) is 7.08. The van der Waals surface area contributed by atoms with Crippen LogP contribution in [0.1, 0.15) is 5.56 Å². The summed E-state index contributed by atoms with van der Waals surface area (Å²) in [6.45, 7) is 0.0914. The van der Waals surface area contributed by atoms with Crippen LogP contribution < -0.4 is 20.5 Å². The first-order chi connectivity index (χ1) is 12.1. The number of nitrogens with one attached hydrogen (secondary N) is 1. The van der Waals surface area contributed by atoms with Crippen molar-refractivity contribution in [1.29, 1.82) is 0 Å². The van der Waals surface area contributed by atoms with E-state index >= 15 is 0 Å². The molecule has 1 aromatic carbocycles. The van der Waals surface area contributed by atoms with E-state index in [4.69, 9.17) is 9.47 Å². The van der Waals surface area contributed by atoms with E-state index in [0.717, 1.165) is 10.2 Å². The lowest BCUT2D eigenvalue weighted by molar-refractivity contribution is -0.122. The topological polar surface area (TPSA) is 86.9 Å². The predicted octanol–water partition coefficient (Wildman–Crippen LogP) is 0.830. The number of benzene rings is 1. The fourth-order valence-corrected chi connectivity index (χ4v) is 2.55. The second-order valence-electron chi connectivity index (χ2n) is 5.30. The number of hydrogen-bond acceptors (Lipinski definition) is 5. The lowest BCUT2D eigenvalue weighted by atomic mass is 10.2. The Labute approximate surface area is 143 Å². The zero-order valence-electron chi connectivity index (χ0n) is 13.9. The van der Waals surface area contributed by atoms with Crippen molar-refractivity contribution < 1.29 is 14.3 Å². The van der Waals surface area contributed by atoms with Crippen LogP contribution in [0, 0.1) is 0 Å². The Kier molecular flexibility index (Phi) is 4.69. The first-order valence-electron chi connectivity index (χ1n) is 7.65. The molecule has 0 aliphatic heterocycles. The Hall–Kier alpha value is -3.29. The van der Waals surface area contributed by atoms with E-state index in [1.54, 1.807) is 44.7 Å². The number of carbonyl (C=O) groups is 1. The number of aromatic nitrogens is 3. The van der Waals surface area contributed by atoms with E-state index in [1.165, 1.54) is 4.40 Å². The highest BCUT2D eigenvalue weighted by Crippen LogP contribution is 2.30.